The molecule has 2 rings (SSSR count). The van der Waals surface area contributed by atoms with Crippen LogP contribution in [0.2, 0.25) is 4.34 Å². The third-order valence-electron chi connectivity index (χ3n) is 2.59. The molecule has 0 bridgehead atoms. The molecule has 0 amide bonds. The van der Waals surface area contributed by atoms with Crippen molar-refractivity contribution in [3.8, 4) is 0 Å². The second kappa shape index (κ2) is 6.93. The summed E-state index contributed by atoms with van der Waals surface area (Å²) in [6.45, 7) is 0. The fourth-order valence-electron chi connectivity index (χ4n) is 1.71. The molecule has 0 unspecified atom stereocenters. The SMILES string of the molecule is O=S(=O)(Nc1cccc(CCCBr)c1)c1ccc(Cl)s1. The molecular formula is C13H13BrClNO2S2. The molecule has 7 heteroatoms. The molecule has 0 fully saturated rings. The van der Waals surface area contributed by atoms with E-state index in [-0.39, 0.29) is 4.21 Å². The topological polar surface area (TPSA) is 46.2 Å². The van der Waals surface area contributed by atoms with Crippen LogP contribution in [0, 0.1) is 0 Å². The smallest absolute Gasteiger partial charge is 0.271 e. The van der Waals surface area contributed by atoms with E-state index in [4.69, 9.17) is 11.6 Å². The Kier molecular flexibility index (Phi) is 5.49. The van der Waals surface area contributed by atoms with Crippen LogP contribution < -0.4 is 4.72 Å². The number of alkyl halides is 1. The average Bonchev–Trinajstić information content (AvgIpc) is 2.84. The van der Waals surface area contributed by atoms with E-state index in [9.17, 15) is 8.42 Å². The van der Waals surface area contributed by atoms with E-state index in [1.807, 2.05) is 18.2 Å². The van der Waals surface area contributed by atoms with Gasteiger partial charge in [-0.15, -0.1) is 11.3 Å². The van der Waals surface area contributed by atoms with E-state index in [0.29, 0.717) is 10.0 Å². The molecule has 0 saturated carbocycles. The van der Waals surface area contributed by atoms with Crippen LogP contribution >= 0.6 is 38.9 Å². The normalized spacial score (nSPS) is 11.5. The molecule has 1 heterocycles. The third-order valence-corrected chi connectivity index (χ3v) is 6.26. The van der Waals surface area contributed by atoms with Gasteiger partial charge >= 0.3 is 0 Å². The molecular weight excluding hydrogens is 382 g/mol. The van der Waals surface area contributed by atoms with Gasteiger partial charge in [0.1, 0.15) is 4.21 Å². The molecule has 3 nitrogen and oxygen atoms in total. The number of benzene rings is 1. The van der Waals surface area contributed by atoms with E-state index in [0.717, 1.165) is 35.1 Å². The number of nitrogens with one attached hydrogen (secondary N) is 1. The van der Waals surface area contributed by atoms with E-state index < -0.39 is 10.0 Å². The number of thiophene rings is 1. The van der Waals surface area contributed by atoms with Crippen molar-refractivity contribution in [1.82, 2.24) is 0 Å². The highest BCUT2D eigenvalue weighted by molar-refractivity contribution is 9.09. The first-order valence-electron chi connectivity index (χ1n) is 5.94. The maximum Gasteiger partial charge on any atom is 0.271 e. The minimum atomic E-state index is -3.55. The van der Waals surface area contributed by atoms with Gasteiger partial charge < -0.3 is 0 Å². The number of halogens is 2. The summed E-state index contributed by atoms with van der Waals surface area (Å²) in [5.41, 5.74) is 1.68. The predicted molar refractivity (Wildman–Crippen MR) is 88.7 cm³/mol. The molecule has 1 aromatic heterocycles. The average molecular weight is 395 g/mol. The van der Waals surface area contributed by atoms with Gasteiger partial charge in [-0.2, -0.15) is 0 Å². The predicted octanol–water partition coefficient (Wildman–Crippen LogP) is 4.53. The second-order valence-electron chi connectivity index (χ2n) is 4.16. The zero-order valence-electron chi connectivity index (χ0n) is 10.5. The Morgan fingerprint density at radius 3 is 2.70 bits per heavy atom. The fraction of sp³-hybridized carbons (Fsp3) is 0.231. The molecule has 0 saturated heterocycles. The minimum Gasteiger partial charge on any atom is -0.279 e. The molecule has 20 heavy (non-hydrogen) atoms. The highest BCUT2D eigenvalue weighted by Crippen LogP contribution is 2.27. The molecule has 0 aliphatic rings. The monoisotopic (exact) mass is 393 g/mol. The van der Waals surface area contributed by atoms with Crippen LogP contribution in [0.25, 0.3) is 0 Å². The molecule has 0 aliphatic heterocycles. The van der Waals surface area contributed by atoms with Crippen LogP contribution in [-0.2, 0) is 16.4 Å². The zero-order valence-corrected chi connectivity index (χ0v) is 14.4. The fourth-order valence-corrected chi connectivity index (χ4v) is 4.52. The zero-order chi connectivity index (χ0) is 14.6. The Labute approximate surface area is 136 Å². The Hall–Kier alpha value is -0.560. The highest BCUT2D eigenvalue weighted by Gasteiger charge is 2.16. The summed E-state index contributed by atoms with van der Waals surface area (Å²) in [6, 6.07) is 10.5. The largest absolute Gasteiger partial charge is 0.279 e. The quantitative estimate of drug-likeness (QED) is 0.732. The number of aryl methyl sites for hydroxylation is 1. The lowest BCUT2D eigenvalue weighted by molar-refractivity contribution is 0.603. The van der Waals surface area contributed by atoms with Crippen LogP contribution in [0.1, 0.15) is 12.0 Å². The number of anilines is 1. The van der Waals surface area contributed by atoms with Gasteiger partial charge in [0, 0.05) is 11.0 Å². The first-order chi connectivity index (χ1) is 9.51. The van der Waals surface area contributed by atoms with Gasteiger partial charge in [0.15, 0.2) is 0 Å². The van der Waals surface area contributed by atoms with Gasteiger partial charge in [-0.25, -0.2) is 8.42 Å². The molecule has 1 aromatic carbocycles. The maximum atomic E-state index is 12.2. The Morgan fingerprint density at radius 2 is 2.05 bits per heavy atom. The first kappa shape index (κ1) is 15.8. The summed E-state index contributed by atoms with van der Waals surface area (Å²) in [4.78, 5) is 0. The van der Waals surface area contributed by atoms with Crippen molar-refractivity contribution in [2.75, 3.05) is 10.1 Å². The third kappa shape index (κ3) is 4.22. The molecule has 2 aromatic rings. The van der Waals surface area contributed by atoms with Crippen molar-refractivity contribution in [2.24, 2.45) is 0 Å². The van der Waals surface area contributed by atoms with Crippen molar-refractivity contribution in [2.45, 2.75) is 17.1 Å². The number of hydrogen-bond acceptors (Lipinski definition) is 3. The second-order valence-corrected chi connectivity index (χ2v) is 8.57. The number of sulfonamides is 1. The lowest BCUT2D eigenvalue weighted by Gasteiger charge is -2.08. The lowest BCUT2D eigenvalue weighted by atomic mass is 10.1. The van der Waals surface area contributed by atoms with E-state index in [1.165, 1.54) is 6.07 Å². The first-order valence-corrected chi connectivity index (χ1v) is 9.74. The van der Waals surface area contributed by atoms with Crippen molar-refractivity contribution >= 4 is 54.6 Å². The summed E-state index contributed by atoms with van der Waals surface area (Å²) >= 11 is 10.2. The van der Waals surface area contributed by atoms with Gasteiger partial charge in [-0.05, 0) is 42.7 Å². The molecule has 1 N–H and O–H groups in total. The highest BCUT2D eigenvalue weighted by atomic mass is 79.9. The Balaban J connectivity index is 2.17. The van der Waals surface area contributed by atoms with Crippen LogP contribution in [0.4, 0.5) is 5.69 Å². The summed E-state index contributed by atoms with van der Waals surface area (Å²) in [5.74, 6) is 0. The van der Waals surface area contributed by atoms with Crippen molar-refractivity contribution in [1.29, 1.82) is 0 Å². The number of hydrogen-bond donors (Lipinski definition) is 1. The molecule has 108 valence electrons. The van der Waals surface area contributed by atoms with E-state index in [2.05, 4.69) is 20.7 Å². The van der Waals surface area contributed by atoms with Crippen LogP contribution in [0.3, 0.4) is 0 Å². The van der Waals surface area contributed by atoms with Gasteiger partial charge in [0.05, 0.1) is 4.34 Å². The number of rotatable bonds is 6. The van der Waals surface area contributed by atoms with Gasteiger partial charge in [-0.1, -0.05) is 39.7 Å². The van der Waals surface area contributed by atoms with Crippen molar-refractivity contribution in [3.05, 3.63) is 46.3 Å². The molecule has 0 spiro atoms. The van der Waals surface area contributed by atoms with Crippen LogP contribution in [0.5, 0.6) is 0 Å². The summed E-state index contributed by atoms with van der Waals surface area (Å²) < 4.78 is 27.6. The van der Waals surface area contributed by atoms with E-state index >= 15 is 0 Å². The van der Waals surface area contributed by atoms with Crippen molar-refractivity contribution < 1.29 is 8.42 Å². The Morgan fingerprint density at radius 1 is 1.25 bits per heavy atom. The van der Waals surface area contributed by atoms with Crippen LogP contribution in [-0.4, -0.2) is 13.7 Å². The molecule has 0 aliphatic carbocycles. The van der Waals surface area contributed by atoms with Gasteiger partial charge in [0.25, 0.3) is 10.0 Å². The lowest BCUT2D eigenvalue weighted by Crippen LogP contribution is -2.11. The van der Waals surface area contributed by atoms with Gasteiger partial charge in [0.2, 0.25) is 0 Å². The Bertz CT molecular complexity index is 685. The summed E-state index contributed by atoms with van der Waals surface area (Å²) in [5, 5.41) is 0.927. The van der Waals surface area contributed by atoms with E-state index in [1.54, 1.807) is 12.1 Å². The summed E-state index contributed by atoms with van der Waals surface area (Å²) in [7, 11) is -3.55. The molecule has 0 radical (unpaired) electrons. The minimum absolute atomic E-state index is 0.216. The standard InChI is InChI=1S/C13H13BrClNO2S2/c14-8-2-4-10-3-1-5-11(9-10)16-20(17,18)13-7-6-12(15)19-13/h1,3,5-7,9,16H,2,4,8H2. The van der Waals surface area contributed by atoms with Crippen molar-refractivity contribution in [3.63, 3.8) is 0 Å². The molecule has 0 atom stereocenters. The van der Waals surface area contributed by atoms with Crippen LogP contribution in [0.15, 0.2) is 40.6 Å². The summed E-state index contributed by atoms with van der Waals surface area (Å²) in [6.07, 6.45) is 1.92. The van der Waals surface area contributed by atoms with Gasteiger partial charge in [-0.3, -0.25) is 4.72 Å². The maximum absolute atomic E-state index is 12.2.